The van der Waals surface area contributed by atoms with E-state index in [2.05, 4.69) is 55.6 Å². The lowest BCUT2D eigenvalue weighted by atomic mass is 9.93. The van der Waals surface area contributed by atoms with Crippen LogP contribution in [-0.2, 0) is 12.8 Å². The molecule has 0 aliphatic carbocycles. The molecular formula is C19H25NO. The second-order valence-electron chi connectivity index (χ2n) is 5.62. The summed E-state index contributed by atoms with van der Waals surface area (Å²) in [5.74, 6) is 0.925. The number of hydrogen-bond acceptors (Lipinski definition) is 2. The minimum atomic E-state index is 0.428. The molecule has 0 aliphatic heterocycles. The van der Waals surface area contributed by atoms with Gasteiger partial charge in [0.05, 0.1) is 7.11 Å². The lowest BCUT2D eigenvalue weighted by molar-refractivity contribution is 0.414. The second kappa shape index (κ2) is 7.28. The molecule has 21 heavy (non-hydrogen) atoms. The van der Waals surface area contributed by atoms with Gasteiger partial charge in [0, 0.05) is 6.04 Å². The lowest BCUT2D eigenvalue weighted by Crippen LogP contribution is -2.30. The normalized spacial score (nSPS) is 12.2. The van der Waals surface area contributed by atoms with Gasteiger partial charge in [-0.15, -0.1) is 0 Å². The van der Waals surface area contributed by atoms with E-state index in [-0.39, 0.29) is 0 Å². The minimum absolute atomic E-state index is 0.428. The molecule has 2 heteroatoms. The Balaban J connectivity index is 2.13. The Bertz CT molecular complexity index is 572. The zero-order valence-electron chi connectivity index (χ0n) is 13.4. The Morgan fingerprint density at radius 1 is 1.00 bits per heavy atom. The van der Waals surface area contributed by atoms with Gasteiger partial charge in [0.2, 0.25) is 0 Å². The Morgan fingerprint density at radius 2 is 1.67 bits per heavy atom. The molecule has 1 N–H and O–H groups in total. The molecule has 2 nitrogen and oxygen atoms in total. The van der Waals surface area contributed by atoms with Gasteiger partial charge in [-0.3, -0.25) is 0 Å². The van der Waals surface area contributed by atoms with Crippen molar-refractivity contribution in [3.05, 3.63) is 64.7 Å². The summed E-state index contributed by atoms with van der Waals surface area (Å²) in [6.45, 7) is 4.39. The molecule has 0 saturated carbocycles. The van der Waals surface area contributed by atoms with Crippen molar-refractivity contribution >= 4 is 0 Å². The molecule has 0 radical (unpaired) electrons. The molecular weight excluding hydrogens is 258 g/mol. The number of likely N-dealkylation sites (N-methyl/N-ethyl adjacent to an activating group) is 1. The first-order valence-corrected chi connectivity index (χ1v) is 7.49. The van der Waals surface area contributed by atoms with Crippen LogP contribution >= 0.6 is 0 Å². The van der Waals surface area contributed by atoms with E-state index in [4.69, 9.17) is 4.74 Å². The van der Waals surface area contributed by atoms with Gasteiger partial charge in [0.15, 0.2) is 0 Å². The predicted molar refractivity (Wildman–Crippen MR) is 89.2 cm³/mol. The molecule has 112 valence electrons. The molecule has 0 spiro atoms. The van der Waals surface area contributed by atoms with Gasteiger partial charge in [-0.05, 0) is 68.1 Å². The molecule has 1 unspecified atom stereocenters. The fourth-order valence-electron chi connectivity index (χ4n) is 2.78. The fourth-order valence-corrected chi connectivity index (χ4v) is 2.78. The van der Waals surface area contributed by atoms with Crippen LogP contribution in [0.5, 0.6) is 5.75 Å². The highest BCUT2D eigenvalue weighted by Gasteiger charge is 2.12. The molecule has 2 rings (SSSR count). The summed E-state index contributed by atoms with van der Waals surface area (Å²) in [4.78, 5) is 0. The molecule has 0 aliphatic rings. The highest BCUT2D eigenvalue weighted by atomic mass is 16.5. The molecule has 0 fully saturated rings. The molecule has 0 amide bonds. The summed E-state index contributed by atoms with van der Waals surface area (Å²) in [6.07, 6.45) is 2.05. The molecule has 2 aromatic carbocycles. The van der Waals surface area contributed by atoms with Crippen LogP contribution in [0.3, 0.4) is 0 Å². The number of hydrogen-bond donors (Lipinski definition) is 1. The first-order valence-electron chi connectivity index (χ1n) is 7.49. The number of aryl methyl sites for hydroxylation is 2. The van der Waals surface area contributed by atoms with Crippen LogP contribution in [-0.4, -0.2) is 20.2 Å². The van der Waals surface area contributed by atoms with E-state index in [0.29, 0.717) is 6.04 Å². The monoisotopic (exact) mass is 283 g/mol. The molecule has 0 saturated heterocycles. The standard InChI is InChI=1S/C19H25NO/c1-14-7-5-8-15(2)19(14)13-17(20-3)11-16-9-6-10-18(12-16)21-4/h5-10,12,17,20H,11,13H2,1-4H3. The highest BCUT2D eigenvalue weighted by molar-refractivity contribution is 5.35. The van der Waals surface area contributed by atoms with Crippen molar-refractivity contribution in [2.75, 3.05) is 14.2 Å². The quantitative estimate of drug-likeness (QED) is 0.873. The van der Waals surface area contributed by atoms with E-state index in [0.717, 1.165) is 18.6 Å². The predicted octanol–water partition coefficient (Wildman–Crippen LogP) is 3.69. The fraction of sp³-hybridized carbons (Fsp3) is 0.368. The lowest BCUT2D eigenvalue weighted by Gasteiger charge is -2.19. The smallest absolute Gasteiger partial charge is 0.119 e. The Hall–Kier alpha value is -1.80. The van der Waals surface area contributed by atoms with Crippen molar-refractivity contribution in [2.45, 2.75) is 32.7 Å². The van der Waals surface area contributed by atoms with E-state index in [1.807, 2.05) is 13.1 Å². The topological polar surface area (TPSA) is 21.3 Å². The molecule has 0 aromatic heterocycles. The summed E-state index contributed by atoms with van der Waals surface area (Å²) in [5.41, 5.74) is 5.52. The first kappa shape index (κ1) is 15.6. The van der Waals surface area contributed by atoms with E-state index in [9.17, 15) is 0 Å². The van der Waals surface area contributed by atoms with Gasteiger partial charge in [0.25, 0.3) is 0 Å². The number of methoxy groups -OCH3 is 1. The first-order chi connectivity index (χ1) is 10.1. The van der Waals surface area contributed by atoms with Crippen molar-refractivity contribution in [1.29, 1.82) is 0 Å². The van der Waals surface area contributed by atoms with E-state index >= 15 is 0 Å². The average molecular weight is 283 g/mol. The molecule has 1 atom stereocenters. The number of ether oxygens (including phenoxy) is 1. The highest BCUT2D eigenvalue weighted by Crippen LogP contribution is 2.19. The number of benzene rings is 2. The second-order valence-corrected chi connectivity index (χ2v) is 5.62. The van der Waals surface area contributed by atoms with Crippen LogP contribution in [0.15, 0.2) is 42.5 Å². The maximum atomic E-state index is 5.31. The van der Waals surface area contributed by atoms with Crippen LogP contribution < -0.4 is 10.1 Å². The van der Waals surface area contributed by atoms with Gasteiger partial charge in [0.1, 0.15) is 5.75 Å². The zero-order chi connectivity index (χ0) is 15.2. The van der Waals surface area contributed by atoms with Gasteiger partial charge in [-0.25, -0.2) is 0 Å². The SMILES string of the molecule is CNC(Cc1cccc(OC)c1)Cc1c(C)cccc1C. The summed E-state index contributed by atoms with van der Waals surface area (Å²) in [7, 11) is 3.75. The largest absolute Gasteiger partial charge is 0.497 e. The summed E-state index contributed by atoms with van der Waals surface area (Å²) in [5, 5.41) is 3.45. The third-order valence-corrected chi connectivity index (χ3v) is 4.12. The average Bonchev–Trinajstić information content (AvgIpc) is 2.50. The van der Waals surface area contributed by atoms with Gasteiger partial charge in [-0.1, -0.05) is 30.3 Å². The zero-order valence-corrected chi connectivity index (χ0v) is 13.4. The van der Waals surface area contributed by atoms with Crippen LogP contribution in [0.2, 0.25) is 0 Å². The van der Waals surface area contributed by atoms with Crippen LogP contribution in [0.1, 0.15) is 22.3 Å². The van der Waals surface area contributed by atoms with Crippen LogP contribution in [0.4, 0.5) is 0 Å². The van der Waals surface area contributed by atoms with E-state index in [1.165, 1.54) is 22.3 Å². The van der Waals surface area contributed by atoms with E-state index < -0.39 is 0 Å². The van der Waals surface area contributed by atoms with Gasteiger partial charge in [-0.2, -0.15) is 0 Å². The summed E-state index contributed by atoms with van der Waals surface area (Å²) in [6, 6.07) is 15.3. The Kier molecular flexibility index (Phi) is 5.40. The van der Waals surface area contributed by atoms with Gasteiger partial charge < -0.3 is 10.1 Å². The molecule has 0 heterocycles. The number of nitrogens with one attached hydrogen (secondary N) is 1. The minimum Gasteiger partial charge on any atom is -0.497 e. The maximum absolute atomic E-state index is 5.31. The van der Waals surface area contributed by atoms with Crippen LogP contribution in [0.25, 0.3) is 0 Å². The van der Waals surface area contributed by atoms with Crippen molar-refractivity contribution < 1.29 is 4.74 Å². The van der Waals surface area contributed by atoms with Crippen molar-refractivity contribution in [3.8, 4) is 5.75 Å². The third-order valence-electron chi connectivity index (χ3n) is 4.12. The Labute approximate surface area is 128 Å². The third kappa shape index (κ3) is 4.08. The van der Waals surface area contributed by atoms with Crippen molar-refractivity contribution in [2.24, 2.45) is 0 Å². The number of rotatable bonds is 6. The Morgan fingerprint density at radius 3 is 2.29 bits per heavy atom. The summed E-state index contributed by atoms with van der Waals surface area (Å²) >= 11 is 0. The maximum Gasteiger partial charge on any atom is 0.119 e. The van der Waals surface area contributed by atoms with Crippen molar-refractivity contribution in [3.63, 3.8) is 0 Å². The summed E-state index contributed by atoms with van der Waals surface area (Å²) < 4.78 is 5.31. The van der Waals surface area contributed by atoms with Crippen molar-refractivity contribution in [1.82, 2.24) is 5.32 Å². The molecule has 0 bridgehead atoms. The van der Waals surface area contributed by atoms with E-state index in [1.54, 1.807) is 7.11 Å². The van der Waals surface area contributed by atoms with Gasteiger partial charge >= 0.3 is 0 Å². The van der Waals surface area contributed by atoms with Crippen LogP contribution in [0, 0.1) is 13.8 Å². The molecule has 2 aromatic rings.